The molecule has 0 aliphatic carbocycles. The van der Waals surface area contributed by atoms with Gasteiger partial charge in [-0.25, -0.2) is 14.8 Å². The maximum atomic E-state index is 11.8. The molecule has 0 saturated heterocycles. The molecule has 0 saturated carbocycles. The van der Waals surface area contributed by atoms with Crippen LogP contribution >= 0.6 is 0 Å². The molecule has 1 amide bonds. The van der Waals surface area contributed by atoms with Gasteiger partial charge in [-0.05, 0) is 12.1 Å². The van der Waals surface area contributed by atoms with Crippen molar-refractivity contribution in [2.45, 2.75) is 6.42 Å². The summed E-state index contributed by atoms with van der Waals surface area (Å²) >= 11 is 0. The zero-order chi connectivity index (χ0) is 14.5. The Morgan fingerprint density at radius 1 is 1.40 bits per heavy atom. The average molecular weight is 275 g/mol. The van der Waals surface area contributed by atoms with E-state index in [1.165, 1.54) is 18.3 Å². The predicted octanol–water partition coefficient (Wildman–Crippen LogP) is -0.119. The van der Waals surface area contributed by atoms with Crippen LogP contribution in [0, 0.1) is 0 Å². The lowest BCUT2D eigenvalue weighted by atomic mass is 10.2. The third-order valence-electron chi connectivity index (χ3n) is 2.52. The Labute approximate surface area is 114 Å². The number of aromatic nitrogens is 4. The van der Waals surface area contributed by atoms with E-state index in [0.29, 0.717) is 18.8 Å². The zero-order valence-electron chi connectivity index (χ0n) is 10.8. The number of carboxylic acid groups (broad SMARTS) is 1. The van der Waals surface area contributed by atoms with Crippen molar-refractivity contribution >= 4 is 11.9 Å². The van der Waals surface area contributed by atoms with Gasteiger partial charge in [-0.2, -0.15) is 5.10 Å². The van der Waals surface area contributed by atoms with Gasteiger partial charge < -0.3 is 10.4 Å². The molecular weight excluding hydrogens is 262 g/mol. The Kier molecular flexibility index (Phi) is 4.04. The summed E-state index contributed by atoms with van der Waals surface area (Å²) in [6, 6.07) is 2.69. The van der Waals surface area contributed by atoms with E-state index in [1.54, 1.807) is 18.1 Å². The Hall–Kier alpha value is -2.77. The minimum atomic E-state index is -1.17. The first-order valence-corrected chi connectivity index (χ1v) is 5.88. The van der Waals surface area contributed by atoms with E-state index >= 15 is 0 Å². The van der Waals surface area contributed by atoms with E-state index in [0.717, 1.165) is 0 Å². The summed E-state index contributed by atoms with van der Waals surface area (Å²) in [6.45, 7) is 0.369. The molecule has 0 atom stereocenters. The fourth-order valence-corrected chi connectivity index (χ4v) is 1.58. The van der Waals surface area contributed by atoms with Crippen LogP contribution in [0.1, 0.15) is 26.7 Å². The number of carbonyl (C=O) groups excluding carboxylic acids is 1. The Balaban J connectivity index is 1.91. The number of pyridine rings is 1. The lowest BCUT2D eigenvalue weighted by molar-refractivity contribution is 0.0690. The highest BCUT2D eigenvalue weighted by atomic mass is 16.4. The number of hydrogen-bond donors (Lipinski definition) is 2. The van der Waals surface area contributed by atoms with Crippen molar-refractivity contribution in [2.24, 2.45) is 7.05 Å². The fraction of sp³-hybridized carbons (Fsp3) is 0.250. The molecule has 0 radical (unpaired) electrons. The third kappa shape index (κ3) is 3.37. The van der Waals surface area contributed by atoms with Gasteiger partial charge in [0, 0.05) is 31.8 Å². The second-order valence-corrected chi connectivity index (χ2v) is 4.08. The van der Waals surface area contributed by atoms with Gasteiger partial charge in [0.25, 0.3) is 5.91 Å². The maximum absolute atomic E-state index is 11.8. The summed E-state index contributed by atoms with van der Waals surface area (Å²) in [5, 5.41) is 15.6. The van der Waals surface area contributed by atoms with Crippen LogP contribution in [0.15, 0.2) is 24.7 Å². The summed E-state index contributed by atoms with van der Waals surface area (Å²) in [5.74, 6) is -0.892. The van der Waals surface area contributed by atoms with Crippen LogP contribution in [0.3, 0.4) is 0 Å². The topological polar surface area (TPSA) is 110 Å². The van der Waals surface area contributed by atoms with Crippen LogP contribution in [0.2, 0.25) is 0 Å². The standard InChI is InChI=1S/C12H13N5O3/c1-17-7-15-10(16-17)3-5-14-11(18)8-2-4-13-9(6-8)12(19)20/h2,4,6-7H,3,5H2,1H3,(H,14,18)(H,19,20). The van der Waals surface area contributed by atoms with Crippen molar-refractivity contribution in [3.05, 3.63) is 41.7 Å². The summed E-state index contributed by atoms with van der Waals surface area (Å²) in [7, 11) is 1.76. The molecule has 104 valence electrons. The molecule has 2 rings (SSSR count). The highest BCUT2D eigenvalue weighted by molar-refractivity contribution is 5.96. The van der Waals surface area contributed by atoms with Gasteiger partial charge in [0.05, 0.1) is 0 Å². The predicted molar refractivity (Wildman–Crippen MR) is 68.2 cm³/mol. The average Bonchev–Trinajstić information content (AvgIpc) is 2.84. The number of rotatable bonds is 5. The molecule has 0 aliphatic rings. The molecular formula is C12H13N5O3. The van der Waals surface area contributed by atoms with E-state index in [-0.39, 0.29) is 17.2 Å². The fourth-order valence-electron chi connectivity index (χ4n) is 1.58. The Morgan fingerprint density at radius 3 is 2.85 bits per heavy atom. The van der Waals surface area contributed by atoms with E-state index in [9.17, 15) is 9.59 Å². The molecule has 0 aromatic carbocycles. The van der Waals surface area contributed by atoms with E-state index in [1.807, 2.05) is 0 Å². The van der Waals surface area contributed by atoms with Crippen molar-refractivity contribution in [2.75, 3.05) is 6.54 Å². The number of amides is 1. The summed E-state index contributed by atoms with van der Waals surface area (Å²) in [5.41, 5.74) is 0.0930. The number of aryl methyl sites for hydroxylation is 1. The van der Waals surface area contributed by atoms with Gasteiger partial charge in [0.15, 0.2) is 5.82 Å². The number of carboxylic acids is 1. The van der Waals surface area contributed by atoms with Crippen molar-refractivity contribution in [1.82, 2.24) is 25.1 Å². The lowest BCUT2D eigenvalue weighted by Gasteiger charge is -2.04. The number of nitrogens with one attached hydrogen (secondary N) is 1. The van der Waals surface area contributed by atoms with Gasteiger partial charge in [0.1, 0.15) is 12.0 Å². The molecule has 0 aliphatic heterocycles. The van der Waals surface area contributed by atoms with Crippen molar-refractivity contribution in [3.8, 4) is 0 Å². The minimum absolute atomic E-state index is 0.163. The zero-order valence-corrected chi connectivity index (χ0v) is 10.8. The van der Waals surface area contributed by atoms with Crippen molar-refractivity contribution < 1.29 is 14.7 Å². The molecule has 0 spiro atoms. The molecule has 2 aromatic heterocycles. The smallest absolute Gasteiger partial charge is 0.354 e. The molecule has 2 N–H and O–H groups in total. The summed E-state index contributed by atoms with van der Waals surface area (Å²) in [6.07, 6.45) is 3.38. The molecule has 0 bridgehead atoms. The third-order valence-corrected chi connectivity index (χ3v) is 2.52. The molecule has 0 fully saturated rings. The van der Waals surface area contributed by atoms with Gasteiger partial charge in [-0.1, -0.05) is 0 Å². The first-order valence-electron chi connectivity index (χ1n) is 5.88. The monoisotopic (exact) mass is 275 g/mol. The summed E-state index contributed by atoms with van der Waals surface area (Å²) < 4.78 is 1.58. The minimum Gasteiger partial charge on any atom is -0.477 e. The first kappa shape index (κ1) is 13.7. The van der Waals surface area contributed by atoms with Crippen LogP contribution in [0.5, 0.6) is 0 Å². The second kappa shape index (κ2) is 5.91. The van der Waals surface area contributed by atoms with E-state index in [4.69, 9.17) is 5.11 Å². The quantitative estimate of drug-likeness (QED) is 0.787. The summed E-state index contributed by atoms with van der Waals surface area (Å²) in [4.78, 5) is 30.3. The molecule has 8 heteroatoms. The van der Waals surface area contributed by atoms with Gasteiger partial charge in [0.2, 0.25) is 0 Å². The normalized spacial score (nSPS) is 10.2. The molecule has 0 unspecified atom stereocenters. The van der Waals surface area contributed by atoms with Crippen molar-refractivity contribution in [3.63, 3.8) is 0 Å². The SMILES string of the molecule is Cn1cnc(CCNC(=O)c2ccnc(C(=O)O)c2)n1. The van der Waals surface area contributed by atoms with E-state index in [2.05, 4.69) is 20.4 Å². The number of nitrogens with zero attached hydrogens (tertiary/aromatic N) is 4. The maximum Gasteiger partial charge on any atom is 0.354 e. The van der Waals surface area contributed by atoms with Crippen LogP contribution < -0.4 is 5.32 Å². The van der Waals surface area contributed by atoms with Gasteiger partial charge in [-0.3, -0.25) is 9.48 Å². The number of aromatic carboxylic acids is 1. The molecule has 2 heterocycles. The molecule has 20 heavy (non-hydrogen) atoms. The number of carbonyl (C=O) groups is 2. The highest BCUT2D eigenvalue weighted by Gasteiger charge is 2.10. The highest BCUT2D eigenvalue weighted by Crippen LogP contribution is 2.02. The van der Waals surface area contributed by atoms with Gasteiger partial charge in [-0.15, -0.1) is 0 Å². The number of hydrogen-bond acceptors (Lipinski definition) is 5. The second-order valence-electron chi connectivity index (χ2n) is 4.08. The van der Waals surface area contributed by atoms with Crippen LogP contribution in [0.25, 0.3) is 0 Å². The first-order chi connectivity index (χ1) is 9.56. The Bertz CT molecular complexity index is 638. The Morgan fingerprint density at radius 2 is 2.20 bits per heavy atom. The van der Waals surface area contributed by atoms with Crippen LogP contribution in [0.4, 0.5) is 0 Å². The van der Waals surface area contributed by atoms with Crippen LogP contribution in [-0.4, -0.2) is 43.3 Å². The van der Waals surface area contributed by atoms with Gasteiger partial charge >= 0.3 is 5.97 Å². The van der Waals surface area contributed by atoms with E-state index < -0.39 is 5.97 Å². The molecule has 8 nitrogen and oxygen atoms in total. The van der Waals surface area contributed by atoms with Crippen molar-refractivity contribution in [1.29, 1.82) is 0 Å². The largest absolute Gasteiger partial charge is 0.477 e. The molecule has 2 aromatic rings. The van der Waals surface area contributed by atoms with Crippen LogP contribution in [-0.2, 0) is 13.5 Å². The lowest BCUT2D eigenvalue weighted by Crippen LogP contribution is -2.26.